The second-order valence-corrected chi connectivity index (χ2v) is 7.56. The van der Waals surface area contributed by atoms with E-state index >= 15 is 0 Å². The van der Waals surface area contributed by atoms with Gasteiger partial charge in [-0.2, -0.15) is 0 Å². The number of pyridine rings is 1. The predicted molar refractivity (Wildman–Crippen MR) is 110 cm³/mol. The number of anilines is 2. The van der Waals surface area contributed by atoms with Crippen LogP contribution in [0.2, 0.25) is 0 Å². The maximum absolute atomic E-state index is 12.3. The standard InChI is InChI=1S/C21H22N4OS/c26-20(13-18-15-27-21(24-18)16-5-4-10-22-14-16)23-17-6-8-19(9-7-17)25-11-2-1-3-12-25/h4-10,14-15H,1-3,11-13H2,(H,23,26). The highest BCUT2D eigenvalue weighted by Crippen LogP contribution is 2.24. The largest absolute Gasteiger partial charge is 0.372 e. The molecule has 0 bridgehead atoms. The lowest BCUT2D eigenvalue weighted by atomic mass is 10.1. The third-order valence-corrected chi connectivity index (χ3v) is 5.61. The van der Waals surface area contributed by atoms with E-state index in [9.17, 15) is 4.79 Å². The van der Waals surface area contributed by atoms with E-state index in [1.54, 1.807) is 12.4 Å². The molecule has 3 aromatic rings. The van der Waals surface area contributed by atoms with E-state index in [1.807, 2.05) is 29.6 Å². The van der Waals surface area contributed by atoms with Crippen LogP contribution < -0.4 is 10.2 Å². The third-order valence-electron chi connectivity index (χ3n) is 4.67. The van der Waals surface area contributed by atoms with Gasteiger partial charge in [-0.05, 0) is 55.7 Å². The summed E-state index contributed by atoms with van der Waals surface area (Å²) in [4.78, 5) is 23.4. The molecule has 0 atom stereocenters. The van der Waals surface area contributed by atoms with Crippen molar-refractivity contribution >= 4 is 28.6 Å². The number of rotatable bonds is 5. The number of hydrogen-bond acceptors (Lipinski definition) is 5. The first-order valence-electron chi connectivity index (χ1n) is 9.27. The van der Waals surface area contributed by atoms with E-state index in [2.05, 4.69) is 32.3 Å². The minimum atomic E-state index is -0.0521. The summed E-state index contributed by atoms with van der Waals surface area (Å²) in [5, 5.41) is 5.78. The Labute approximate surface area is 163 Å². The van der Waals surface area contributed by atoms with Crippen LogP contribution in [0.25, 0.3) is 10.6 Å². The van der Waals surface area contributed by atoms with Crippen molar-refractivity contribution in [3.63, 3.8) is 0 Å². The van der Waals surface area contributed by atoms with Crippen LogP contribution in [0.1, 0.15) is 25.0 Å². The highest BCUT2D eigenvalue weighted by Gasteiger charge is 2.12. The number of nitrogens with zero attached hydrogens (tertiary/aromatic N) is 3. The van der Waals surface area contributed by atoms with Crippen LogP contribution in [0.15, 0.2) is 54.2 Å². The summed E-state index contributed by atoms with van der Waals surface area (Å²) < 4.78 is 0. The van der Waals surface area contributed by atoms with Gasteiger partial charge in [0.05, 0.1) is 12.1 Å². The number of aromatic nitrogens is 2. The predicted octanol–water partition coefficient (Wildman–Crippen LogP) is 4.38. The van der Waals surface area contributed by atoms with Crippen molar-refractivity contribution in [2.24, 2.45) is 0 Å². The molecule has 6 heteroatoms. The van der Waals surface area contributed by atoms with Gasteiger partial charge < -0.3 is 10.2 Å². The van der Waals surface area contributed by atoms with Crippen molar-refractivity contribution in [2.75, 3.05) is 23.3 Å². The molecule has 1 fully saturated rings. The molecule has 4 rings (SSSR count). The average Bonchev–Trinajstić information content (AvgIpc) is 3.18. The van der Waals surface area contributed by atoms with Gasteiger partial charge in [-0.3, -0.25) is 9.78 Å². The lowest BCUT2D eigenvalue weighted by molar-refractivity contribution is -0.115. The van der Waals surface area contributed by atoms with Crippen molar-refractivity contribution in [1.29, 1.82) is 0 Å². The van der Waals surface area contributed by atoms with Gasteiger partial charge in [0.1, 0.15) is 5.01 Å². The molecule has 138 valence electrons. The fraction of sp³-hybridized carbons (Fsp3) is 0.286. The number of carbonyl (C=O) groups is 1. The Morgan fingerprint density at radius 1 is 1.11 bits per heavy atom. The van der Waals surface area contributed by atoms with Gasteiger partial charge in [-0.25, -0.2) is 4.98 Å². The van der Waals surface area contributed by atoms with Crippen LogP contribution in [0.5, 0.6) is 0 Å². The molecule has 1 amide bonds. The number of carbonyl (C=O) groups excluding carboxylic acids is 1. The van der Waals surface area contributed by atoms with E-state index in [-0.39, 0.29) is 12.3 Å². The smallest absolute Gasteiger partial charge is 0.230 e. The molecule has 1 N–H and O–H groups in total. The first kappa shape index (κ1) is 17.7. The maximum atomic E-state index is 12.3. The Kier molecular flexibility index (Phi) is 5.44. The number of amides is 1. The summed E-state index contributed by atoms with van der Waals surface area (Å²) >= 11 is 1.53. The van der Waals surface area contributed by atoms with Gasteiger partial charge >= 0.3 is 0 Å². The van der Waals surface area contributed by atoms with Gasteiger partial charge in [0.25, 0.3) is 0 Å². The monoisotopic (exact) mass is 378 g/mol. The summed E-state index contributed by atoms with van der Waals surface area (Å²) in [6.45, 7) is 2.24. The first-order chi connectivity index (χ1) is 13.3. The average molecular weight is 379 g/mol. The quantitative estimate of drug-likeness (QED) is 0.716. The van der Waals surface area contributed by atoms with Gasteiger partial charge in [-0.1, -0.05) is 0 Å². The van der Waals surface area contributed by atoms with E-state index in [4.69, 9.17) is 0 Å². The van der Waals surface area contributed by atoms with Gasteiger partial charge in [0.2, 0.25) is 5.91 Å². The molecule has 2 aromatic heterocycles. The Hall–Kier alpha value is -2.73. The van der Waals surface area contributed by atoms with Crippen LogP contribution in [-0.4, -0.2) is 29.0 Å². The normalized spacial score (nSPS) is 14.1. The van der Waals surface area contributed by atoms with E-state index < -0.39 is 0 Å². The fourth-order valence-corrected chi connectivity index (χ4v) is 4.10. The topological polar surface area (TPSA) is 58.1 Å². The first-order valence-corrected chi connectivity index (χ1v) is 10.2. The van der Waals surface area contributed by atoms with E-state index in [0.29, 0.717) is 0 Å². The van der Waals surface area contributed by atoms with Crippen LogP contribution in [0, 0.1) is 0 Å². The molecule has 3 heterocycles. The van der Waals surface area contributed by atoms with Crippen LogP contribution in [0.4, 0.5) is 11.4 Å². The second kappa shape index (κ2) is 8.31. The molecule has 1 aliphatic heterocycles. The molecule has 1 aromatic carbocycles. The molecular weight excluding hydrogens is 356 g/mol. The number of hydrogen-bond donors (Lipinski definition) is 1. The fourth-order valence-electron chi connectivity index (χ4n) is 3.29. The minimum absolute atomic E-state index is 0.0521. The van der Waals surface area contributed by atoms with Gasteiger partial charge in [0, 0.05) is 47.8 Å². The Bertz CT molecular complexity index is 886. The SMILES string of the molecule is O=C(Cc1csc(-c2cccnc2)n1)Nc1ccc(N2CCCCC2)cc1. The van der Waals surface area contributed by atoms with Crippen LogP contribution >= 0.6 is 11.3 Å². The van der Waals surface area contributed by atoms with Crippen molar-refractivity contribution in [3.8, 4) is 10.6 Å². The lowest BCUT2D eigenvalue weighted by Crippen LogP contribution is -2.29. The van der Waals surface area contributed by atoms with Gasteiger partial charge in [-0.15, -0.1) is 11.3 Å². The number of piperidine rings is 1. The molecule has 0 saturated carbocycles. The lowest BCUT2D eigenvalue weighted by Gasteiger charge is -2.28. The zero-order valence-corrected chi connectivity index (χ0v) is 15.9. The molecule has 0 aliphatic carbocycles. The second-order valence-electron chi connectivity index (χ2n) is 6.71. The minimum Gasteiger partial charge on any atom is -0.372 e. The maximum Gasteiger partial charge on any atom is 0.230 e. The third kappa shape index (κ3) is 4.52. The Balaban J connectivity index is 1.35. The molecule has 0 radical (unpaired) electrons. The highest BCUT2D eigenvalue weighted by molar-refractivity contribution is 7.13. The summed E-state index contributed by atoms with van der Waals surface area (Å²) in [7, 11) is 0. The summed E-state index contributed by atoms with van der Waals surface area (Å²) in [5.41, 5.74) is 3.81. The van der Waals surface area contributed by atoms with E-state index in [1.165, 1.54) is 36.3 Å². The van der Waals surface area contributed by atoms with Crippen molar-refractivity contribution in [1.82, 2.24) is 9.97 Å². The number of benzene rings is 1. The van der Waals surface area contributed by atoms with Crippen molar-refractivity contribution < 1.29 is 4.79 Å². The molecular formula is C21H22N4OS. The van der Waals surface area contributed by atoms with E-state index in [0.717, 1.165) is 35.0 Å². The summed E-state index contributed by atoms with van der Waals surface area (Å²) in [6, 6.07) is 12.0. The number of thiazole rings is 1. The van der Waals surface area contributed by atoms with Crippen LogP contribution in [-0.2, 0) is 11.2 Å². The van der Waals surface area contributed by atoms with Gasteiger partial charge in [0.15, 0.2) is 0 Å². The van der Waals surface area contributed by atoms with Crippen molar-refractivity contribution in [3.05, 3.63) is 59.9 Å². The molecule has 5 nitrogen and oxygen atoms in total. The molecule has 1 saturated heterocycles. The zero-order valence-electron chi connectivity index (χ0n) is 15.1. The highest BCUT2D eigenvalue weighted by atomic mass is 32.1. The molecule has 0 spiro atoms. The van der Waals surface area contributed by atoms with Crippen LogP contribution in [0.3, 0.4) is 0 Å². The van der Waals surface area contributed by atoms with Crippen molar-refractivity contribution in [2.45, 2.75) is 25.7 Å². The Morgan fingerprint density at radius 3 is 2.67 bits per heavy atom. The zero-order chi connectivity index (χ0) is 18.5. The molecule has 0 unspecified atom stereocenters. The Morgan fingerprint density at radius 2 is 1.93 bits per heavy atom. The number of nitrogens with one attached hydrogen (secondary N) is 1. The molecule has 27 heavy (non-hydrogen) atoms. The summed E-state index contributed by atoms with van der Waals surface area (Å²) in [6.07, 6.45) is 7.63. The summed E-state index contributed by atoms with van der Waals surface area (Å²) in [5.74, 6) is -0.0521. The molecule has 1 aliphatic rings.